The zero-order chi connectivity index (χ0) is 15.0. The molecule has 0 amide bonds. The van der Waals surface area contributed by atoms with E-state index in [9.17, 15) is 13.2 Å². The van der Waals surface area contributed by atoms with E-state index in [1.807, 2.05) is 0 Å². The van der Waals surface area contributed by atoms with Gasteiger partial charge in [-0.3, -0.25) is 0 Å². The molecule has 0 radical (unpaired) electrons. The number of para-hydroxylation sites is 1. The van der Waals surface area contributed by atoms with Crippen molar-refractivity contribution in [2.45, 2.75) is 11.4 Å². The Morgan fingerprint density at radius 2 is 2.00 bits per heavy atom. The number of anilines is 1. The Hall–Kier alpha value is -2.61. The fourth-order valence-corrected chi connectivity index (χ4v) is 3.07. The van der Waals surface area contributed by atoms with E-state index in [0.29, 0.717) is 11.4 Å². The van der Waals surface area contributed by atoms with E-state index in [4.69, 9.17) is 9.52 Å². The molecule has 0 unspecified atom stereocenters. The summed E-state index contributed by atoms with van der Waals surface area (Å²) in [5.41, 5.74) is 0.473. The second-order valence-corrected chi connectivity index (χ2v) is 5.96. The van der Waals surface area contributed by atoms with Gasteiger partial charge in [-0.2, -0.15) is 8.42 Å². The average Bonchev–Trinajstić information content (AvgIpc) is 2.91. The fourth-order valence-electron chi connectivity index (χ4n) is 2.02. The molecule has 7 nitrogen and oxygen atoms in total. The van der Waals surface area contributed by atoms with E-state index in [2.05, 4.69) is 4.40 Å². The summed E-state index contributed by atoms with van der Waals surface area (Å²) in [6, 6.07) is 9.33. The smallest absolute Gasteiger partial charge is 0.371 e. The first-order valence-electron chi connectivity index (χ1n) is 5.95. The van der Waals surface area contributed by atoms with Crippen molar-refractivity contribution in [3.63, 3.8) is 0 Å². The summed E-state index contributed by atoms with van der Waals surface area (Å²) in [4.78, 5) is 12.5. The van der Waals surface area contributed by atoms with Crippen LogP contribution in [0.25, 0.3) is 0 Å². The first kappa shape index (κ1) is 13.4. The molecule has 0 saturated carbocycles. The van der Waals surface area contributed by atoms with Crippen LogP contribution in [0.5, 0.6) is 0 Å². The van der Waals surface area contributed by atoms with Crippen LogP contribution in [0.2, 0.25) is 0 Å². The summed E-state index contributed by atoms with van der Waals surface area (Å²) < 4.78 is 32.4. The number of hydrogen-bond donors (Lipinski definition) is 1. The second-order valence-electron chi connectivity index (χ2n) is 4.36. The molecule has 0 atom stereocenters. The highest BCUT2D eigenvalue weighted by Crippen LogP contribution is 2.30. The van der Waals surface area contributed by atoms with Gasteiger partial charge < -0.3 is 14.4 Å². The molecule has 0 bridgehead atoms. The first-order valence-corrected chi connectivity index (χ1v) is 7.39. The lowest BCUT2D eigenvalue weighted by molar-refractivity contribution is 0.0660. The maximum absolute atomic E-state index is 11.8. The van der Waals surface area contributed by atoms with E-state index < -0.39 is 16.0 Å². The van der Waals surface area contributed by atoms with Crippen LogP contribution in [0, 0.1) is 0 Å². The summed E-state index contributed by atoms with van der Waals surface area (Å²) in [5.74, 6) is -0.927. The van der Waals surface area contributed by atoms with Gasteiger partial charge in [0.2, 0.25) is 5.76 Å². The van der Waals surface area contributed by atoms with Crippen LogP contribution < -0.4 is 4.90 Å². The molecule has 0 saturated heterocycles. The van der Waals surface area contributed by atoms with Gasteiger partial charge in [0, 0.05) is 0 Å². The number of carboxylic acids is 1. The van der Waals surface area contributed by atoms with Crippen LogP contribution in [-0.2, 0) is 16.6 Å². The van der Waals surface area contributed by atoms with Gasteiger partial charge in [0.15, 0.2) is 0 Å². The molecular formula is C13H10N2O5S. The Morgan fingerprint density at radius 1 is 1.24 bits per heavy atom. The Morgan fingerprint density at radius 3 is 2.71 bits per heavy atom. The highest BCUT2D eigenvalue weighted by Gasteiger charge is 2.25. The molecular weight excluding hydrogens is 296 g/mol. The number of carbonyl (C=O) groups is 1. The third-order valence-electron chi connectivity index (χ3n) is 2.98. The molecule has 2 aromatic rings. The minimum Gasteiger partial charge on any atom is -0.475 e. The SMILES string of the molecule is O=C(O)c1ccc(CN2C=NS(=O)(=O)c3ccccc32)o1. The molecule has 8 heteroatoms. The summed E-state index contributed by atoms with van der Waals surface area (Å²) in [6.45, 7) is 0.184. The molecule has 0 fully saturated rings. The van der Waals surface area contributed by atoms with Crippen molar-refractivity contribution in [3.05, 3.63) is 47.9 Å². The topological polar surface area (TPSA) is 100 Å². The van der Waals surface area contributed by atoms with Gasteiger partial charge in [-0.1, -0.05) is 12.1 Å². The second kappa shape index (κ2) is 4.74. The molecule has 2 heterocycles. The van der Waals surface area contributed by atoms with Crippen LogP contribution in [0.1, 0.15) is 16.3 Å². The zero-order valence-corrected chi connectivity index (χ0v) is 11.4. The molecule has 0 spiro atoms. The van der Waals surface area contributed by atoms with Crippen LogP contribution in [-0.4, -0.2) is 25.8 Å². The van der Waals surface area contributed by atoms with E-state index in [0.717, 1.165) is 0 Å². The number of benzene rings is 1. The third-order valence-corrected chi connectivity index (χ3v) is 4.25. The van der Waals surface area contributed by atoms with Crippen molar-refractivity contribution >= 4 is 28.0 Å². The fraction of sp³-hybridized carbons (Fsp3) is 0.0769. The lowest BCUT2D eigenvalue weighted by Gasteiger charge is -2.23. The highest BCUT2D eigenvalue weighted by atomic mass is 32.2. The van der Waals surface area contributed by atoms with Crippen molar-refractivity contribution in [1.29, 1.82) is 0 Å². The molecule has 3 rings (SSSR count). The Kier molecular flexibility index (Phi) is 3.02. The minimum absolute atomic E-state index is 0.109. The van der Waals surface area contributed by atoms with Gasteiger partial charge in [-0.15, -0.1) is 4.40 Å². The minimum atomic E-state index is -3.67. The van der Waals surface area contributed by atoms with Gasteiger partial charge in [-0.05, 0) is 24.3 Å². The van der Waals surface area contributed by atoms with Gasteiger partial charge in [0.1, 0.15) is 17.0 Å². The van der Waals surface area contributed by atoms with Crippen molar-refractivity contribution in [2.75, 3.05) is 4.90 Å². The standard InChI is InChI=1S/C13H10N2O5S/c16-13(17)11-6-5-9(20-11)7-15-8-14-21(18,19)12-4-2-1-3-10(12)15/h1-6,8H,7H2,(H,16,17). The molecule has 1 aliphatic rings. The summed E-state index contributed by atoms with van der Waals surface area (Å²) in [6.07, 6.45) is 1.20. The number of furan rings is 1. The van der Waals surface area contributed by atoms with Crippen LogP contribution in [0.4, 0.5) is 5.69 Å². The van der Waals surface area contributed by atoms with Crippen molar-refractivity contribution in [1.82, 2.24) is 0 Å². The molecule has 1 N–H and O–H groups in total. The number of nitrogens with zero attached hydrogens (tertiary/aromatic N) is 2. The van der Waals surface area contributed by atoms with Crippen molar-refractivity contribution in [2.24, 2.45) is 4.40 Å². The van der Waals surface area contributed by atoms with Crippen LogP contribution >= 0.6 is 0 Å². The van der Waals surface area contributed by atoms with Gasteiger partial charge in [0.05, 0.1) is 12.2 Å². The largest absolute Gasteiger partial charge is 0.475 e. The lowest BCUT2D eigenvalue weighted by atomic mass is 10.3. The van der Waals surface area contributed by atoms with E-state index in [1.54, 1.807) is 23.1 Å². The van der Waals surface area contributed by atoms with Gasteiger partial charge in [-0.25, -0.2) is 4.79 Å². The number of rotatable bonds is 3. The maximum atomic E-state index is 11.8. The molecule has 1 aromatic carbocycles. The number of sulfonamides is 1. The number of aromatic carboxylic acids is 1. The molecule has 0 aliphatic carbocycles. The Labute approximate surface area is 120 Å². The van der Waals surface area contributed by atoms with Crippen molar-refractivity contribution in [3.8, 4) is 0 Å². The van der Waals surface area contributed by atoms with Crippen LogP contribution in [0.3, 0.4) is 0 Å². The number of carboxylic acid groups (broad SMARTS) is 1. The van der Waals surface area contributed by atoms with E-state index in [1.165, 1.54) is 24.5 Å². The number of fused-ring (bicyclic) bond motifs is 1. The van der Waals surface area contributed by atoms with Crippen LogP contribution in [0.15, 0.2) is 50.1 Å². The monoisotopic (exact) mass is 306 g/mol. The molecule has 21 heavy (non-hydrogen) atoms. The first-order chi connectivity index (χ1) is 9.97. The quantitative estimate of drug-likeness (QED) is 0.926. The molecule has 1 aromatic heterocycles. The molecule has 108 valence electrons. The number of hydrogen-bond acceptors (Lipinski definition) is 5. The van der Waals surface area contributed by atoms with Crippen molar-refractivity contribution < 1.29 is 22.7 Å². The van der Waals surface area contributed by atoms with E-state index >= 15 is 0 Å². The normalized spacial score (nSPS) is 15.7. The van der Waals surface area contributed by atoms with Gasteiger partial charge in [0.25, 0.3) is 10.0 Å². The predicted molar refractivity (Wildman–Crippen MR) is 74.0 cm³/mol. The van der Waals surface area contributed by atoms with Gasteiger partial charge >= 0.3 is 5.97 Å². The Balaban J connectivity index is 1.95. The Bertz CT molecular complexity index is 838. The highest BCUT2D eigenvalue weighted by molar-refractivity contribution is 7.90. The lowest BCUT2D eigenvalue weighted by Crippen LogP contribution is -2.26. The summed E-state index contributed by atoms with van der Waals surface area (Å²) in [5, 5.41) is 8.82. The summed E-state index contributed by atoms with van der Waals surface area (Å²) in [7, 11) is -3.67. The van der Waals surface area contributed by atoms with E-state index in [-0.39, 0.29) is 17.2 Å². The third kappa shape index (κ3) is 2.40. The summed E-state index contributed by atoms with van der Waals surface area (Å²) >= 11 is 0. The zero-order valence-electron chi connectivity index (χ0n) is 10.6. The maximum Gasteiger partial charge on any atom is 0.371 e. The predicted octanol–water partition coefficient (Wildman–Crippen LogP) is 1.72. The molecule has 1 aliphatic heterocycles. The average molecular weight is 306 g/mol.